The van der Waals surface area contributed by atoms with Crippen molar-refractivity contribution in [3.8, 4) is 17.1 Å². The summed E-state index contributed by atoms with van der Waals surface area (Å²) in [5.74, 6) is 0.409. The highest BCUT2D eigenvalue weighted by Gasteiger charge is 2.29. The van der Waals surface area contributed by atoms with Gasteiger partial charge >= 0.3 is 6.18 Å². The van der Waals surface area contributed by atoms with Gasteiger partial charge in [0.05, 0.1) is 18.0 Å². The maximum atomic E-state index is 12.7. The Morgan fingerprint density at radius 2 is 1.61 bits per heavy atom. The Morgan fingerprint density at radius 1 is 0.893 bits per heavy atom. The third-order valence-corrected chi connectivity index (χ3v) is 4.13. The summed E-state index contributed by atoms with van der Waals surface area (Å²) in [6, 6.07) is 12.6. The number of tetrazole rings is 1. The normalized spacial score (nSPS) is 11.5. The zero-order chi connectivity index (χ0) is 19.6. The van der Waals surface area contributed by atoms with Crippen LogP contribution in [0, 0.1) is 0 Å². The lowest BCUT2D eigenvalue weighted by Crippen LogP contribution is -2.04. The van der Waals surface area contributed by atoms with Gasteiger partial charge in [0.2, 0.25) is 5.82 Å². The number of aromatic nitrogens is 6. The van der Waals surface area contributed by atoms with Gasteiger partial charge in [0.15, 0.2) is 0 Å². The second-order valence-corrected chi connectivity index (χ2v) is 6.03. The molecule has 0 aliphatic heterocycles. The monoisotopic (exact) mass is 382 g/mol. The van der Waals surface area contributed by atoms with Crippen molar-refractivity contribution in [3.05, 3.63) is 83.9 Å². The van der Waals surface area contributed by atoms with E-state index in [4.69, 9.17) is 0 Å². The lowest BCUT2D eigenvalue weighted by atomic mass is 9.98. The summed E-state index contributed by atoms with van der Waals surface area (Å²) in [6.45, 7) is 0. The number of benzene rings is 2. The Balaban J connectivity index is 1.62. The van der Waals surface area contributed by atoms with E-state index >= 15 is 0 Å². The standard InChI is InChI=1S/C19H13F3N6/c20-19(21,22)15-7-5-13(6-8-15)9-14-3-1-2-4-17(14)18-25-27-28(26-18)16-10-23-12-24-11-16/h1-8,10-12H,9H2. The molecule has 9 heteroatoms. The number of alkyl halides is 3. The van der Waals surface area contributed by atoms with Gasteiger partial charge in [0, 0.05) is 5.56 Å². The first-order valence-corrected chi connectivity index (χ1v) is 8.30. The second-order valence-electron chi connectivity index (χ2n) is 6.03. The predicted octanol–water partition coefficient (Wildman–Crippen LogP) is 3.73. The van der Waals surface area contributed by atoms with Crippen molar-refractivity contribution in [3.63, 3.8) is 0 Å². The van der Waals surface area contributed by atoms with Gasteiger partial charge in [-0.1, -0.05) is 36.4 Å². The summed E-state index contributed by atoms with van der Waals surface area (Å²) in [7, 11) is 0. The molecule has 4 rings (SSSR count). The molecular formula is C19H13F3N6. The van der Waals surface area contributed by atoms with Crippen molar-refractivity contribution in [2.24, 2.45) is 0 Å². The molecule has 0 fully saturated rings. The maximum Gasteiger partial charge on any atom is 0.416 e. The molecule has 0 bridgehead atoms. The van der Waals surface area contributed by atoms with E-state index in [0.717, 1.165) is 28.8 Å². The van der Waals surface area contributed by atoms with Gasteiger partial charge in [-0.2, -0.15) is 13.2 Å². The summed E-state index contributed by atoms with van der Waals surface area (Å²) in [6.07, 6.45) is 0.622. The van der Waals surface area contributed by atoms with Crippen LogP contribution in [-0.4, -0.2) is 30.2 Å². The maximum absolute atomic E-state index is 12.7. The molecule has 140 valence electrons. The molecule has 0 spiro atoms. The Kier molecular flexibility index (Phi) is 4.56. The van der Waals surface area contributed by atoms with Gasteiger partial charge in [0.1, 0.15) is 12.0 Å². The Bertz CT molecular complexity index is 1070. The highest BCUT2D eigenvalue weighted by molar-refractivity contribution is 5.60. The van der Waals surface area contributed by atoms with Crippen LogP contribution in [0.25, 0.3) is 17.1 Å². The van der Waals surface area contributed by atoms with Crippen molar-refractivity contribution in [1.82, 2.24) is 30.2 Å². The molecule has 2 aromatic heterocycles. The molecule has 0 saturated carbocycles. The summed E-state index contributed by atoms with van der Waals surface area (Å²) < 4.78 is 38.2. The Hall–Kier alpha value is -3.62. The molecule has 2 aromatic carbocycles. The first kappa shape index (κ1) is 17.8. The van der Waals surface area contributed by atoms with Crippen molar-refractivity contribution in [2.75, 3.05) is 0 Å². The van der Waals surface area contributed by atoms with Crippen LogP contribution in [0.15, 0.2) is 67.3 Å². The number of hydrogen-bond donors (Lipinski definition) is 0. The fraction of sp³-hybridized carbons (Fsp3) is 0.105. The fourth-order valence-electron chi connectivity index (χ4n) is 2.75. The average Bonchev–Trinajstić information content (AvgIpc) is 3.19. The summed E-state index contributed by atoms with van der Waals surface area (Å²) >= 11 is 0. The van der Waals surface area contributed by atoms with E-state index in [1.807, 2.05) is 24.3 Å². The quantitative estimate of drug-likeness (QED) is 0.538. The highest BCUT2D eigenvalue weighted by atomic mass is 19.4. The number of rotatable bonds is 4. The van der Waals surface area contributed by atoms with Crippen molar-refractivity contribution >= 4 is 0 Å². The number of hydrogen-bond acceptors (Lipinski definition) is 5. The van der Waals surface area contributed by atoms with E-state index in [-0.39, 0.29) is 0 Å². The molecule has 2 heterocycles. The zero-order valence-electron chi connectivity index (χ0n) is 14.4. The molecule has 0 aliphatic carbocycles. The Labute approximate surface area is 157 Å². The minimum absolute atomic E-state index is 0.409. The van der Waals surface area contributed by atoms with Crippen LogP contribution in [0.1, 0.15) is 16.7 Å². The van der Waals surface area contributed by atoms with E-state index in [2.05, 4.69) is 25.4 Å². The van der Waals surface area contributed by atoms with Crippen LogP contribution in [0.2, 0.25) is 0 Å². The molecule has 4 aromatic rings. The first-order valence-electron chi connectivity index (χ1n) is 8.30. The minimum atomic E-state index is -4.35. The lowest BCUT2D eigenvalue weighted by molar-refractivity contribution is -0.137. The first-order chi connectivity index (χ1) is 13.5. The van der Waals surface area contributed by atoms with E-state index in [0.29, 0.717) is 17.9 Å². The molecule has 0 atom stereocenters. The zero-order valence-corrected chi connectivity index (χ0v) is 14.4. The topological polar surface area (TPSA) is 69.4 Å². The van der Waals surface area contributed by atoms with E-state index in [1.54, 1.807) is 12.4 Å². The largest absolute Gasteiger partial charge is 0.416 e. The minimum Gasteiger partial charge on any atom is -0.242 e. The molecule has 6 nitrogen and oxygen atoms in total. The van der Waals surface area contributed by atoms with Gasteiger partial charge in [-0.05, 0) is 34.9 Å². The third kappa shape index (κ3) is 3.73. The van der Waals surface area contributed by atoms with Crippen molar-refractivity contribution < 1.29 is 13.2 Å². The summed E-state index contributed by atoms with van der Waals surface area (Å²) in [5.41, 5.74) is 2.29. The lowest BCUT2D eigenvalue weighted by Gasteiger charge is -2.09. The predicted molar refractivity (Wildman–Crippen MR) is 94.4 cm³/mol. The SMILES string of the molecule is FC(F)(F)c1ccc(Cc2ccccc2-c2nnn(-c3cncnc3)n2)cc1. The molecule has 0 unspecified atom stereocenters. The molecule has 0 radical (unpaired) electrons. The molecule has 0 N–H and O–H groups in total. The smallest absolute Gasteiger partial charge is 0.242 e. The van der Waals surface area contributed by atoms with Crippen LogP contribution < -0.4 is 0 Å². The van der Waals surface area contributed by atoms with Crippen LogP contribution >= 0.6 is 0 Å². The number of nitrogens with zero attached hydrogens (tertiary/aromatic N) is 6. The van der Waals surface area contributed by atoms with Gasteiger partial charge in [0.25, 0.3) is 0 Å². The van der Waals surface area contributed by atoms with Gasteiger partial charge in [-0.25, -0.2) is 9.97 Å². The molecular weight excluding hydrogens is 369 g/mol. The summed E-state index contributed by atoms with van der Waals surface area (Å²) in [5, 5.41) is 12.5. The molecule has 28 heavy (non-hydrogen) atoms. The second kappa shape index (κ2) is 7.18. The third-order valence-electron chi connectivity index (χ3n) is 4.13. The van der Waals surface area contributed by atoms with Gasteiger partial charge in [-0.15, -0.1) is 15.0 Å². The van der Waals surface area contributed by atoms with Crippen molar-refractivity contribution in [2.45, 2.75) is 12.6 Å². The fourth-order valence-corrected chi connectivity index (χ4v) is 2.75. The van der Waals surface area contributed by atoms with E-state index in [9.17, 15) is 13.2 Å². The number of halogens is 3. The van der Waals surface area contributed by atoms with Crippen LogP contribution in [0.3, 0.4) is 0 Å². The summed E-state index contributed by atoms with van der Waals surface area (Å²) in [4.78, 5) is 9.17. The highest BCUT2D eigenvalue weighted by Crippen LogP contribution is 2.30. The van der Waals surface area contributed by atoms with Crippen LogP contribution in [0.5, 0.6) is 0 Å². The van der Waals surface area contributed by atoms with E-state index < -0.39 is 11.7 Å². The van der Waals surface area contributed by atoms with Crippen LogP contribution in [-0.2, 0) is 12.6 Å². The molecule has 0 saturated heterocycles. The molecule has 0 amide bonds. The van der Waals surface area contributed by atoms with Gasteiger partial charge in [-0.3, -0.25) is 0 Å². The average molecular weight is 382 g/mol. The van der Waals surface area contributed by atoms with Crippen molar-refractivity contribution in [1.29, 1.82) is 0 Å². The van der Waals surface area contributed by atoms with Crippen LogP contribution in [0.4, 0.5) is 13.2 Å². The van der Waals surface area contributed by atoms with E-state index in [1.165, 1.54) is 23.3 Å². The van der Waals surface area contributed by atoms with Gasteiger partial charge < -0.3 is 0 Å². The Morgan fingerprint density at radius 3 is 2.32 bits per heavy atom. The molecule has 0 aliphatic rings.